The zero-order chi connectivity index (χ0) is 16.2. The summed E-state index contributed by atoms with van der Waals surface area (Å²) in [6, 6.07) is 7.65. The van der Waals surface area contributed by atoms with E-state index in [9.17, 15) is 0 Å². The minimum atomic E-state index is 0.428. The third-order valence-corrected chi connectivity index (χ3v) is 4.07. The van der Waals surface area contributed by atoms with Crippen molar-refractivity contribution in [1.82, 2.24) is 19.9 Å². The third kappa shape index (κ3) is 3.54. The van der Waals surface area contributed by atoms with E-state index >= 15 is 0 Å². The van der Waals surface area contributed by atoms with Crippen molar-refractivity contribution >= 4 is 29.8 Å². The van der Waals surface area contributed by atoms with Gasteiger partial charge in [0.05, 0.1) is 23.5 Å². The first-order valence-electron chi connectivity index (χ1n) is 7.04. The SMILES string of the molecule is CCOc1ccc(-c2n[nH]c(=S)n2/N=C\c2csc(C)n2)cc1. The maximum Gasteiger partial charge on any atom is 0.216 e. The molecule has 0 fully saturated rings. The standard InChI is InChI=1S/C15H15N5OS2/c1-3-21-13-6-4-11(5-7-13)14-18-19-15(22)20(14)16-8-12-9-23-10(2)17-12/h4-9H,3H2,1-2H3,(H,19,22)/b16-8-. The Hall–Kier alpha value is -2.32. The van der Waals surface area contributed by atoms with Gasteiger partial charge in [0.15, 0.2) is 5.82 Å². The van der Waals surface area contributed by atoms with Crippen molar-refractivity contribution < 1.29 is 4.74 Å². The van der Waals surface area contributed by atoms with Gasteiger partial charge < -0.3 is 4.74 Å². The molecule has 0 radical (unpaired) electrons. The van der Waals surface area contributed by atoms with Gasteiger partial charge in [-0.15, -0.1) is 11.3 Å². The summed E-state index contributed by atoms with van der Waals surface area (Å²) in [5.74, 6) is 1.46. The fourth-order valence-electron chi connectivity index (χ4n) is 2.01. The van der Waals surface area contributed by atoms with Gasteiger partial charge in [-0.2, -0.15) is 14.9 Å². The molecule has 3 aromatic rings. The number of nitrogens with zero attached hydrogens (tertiary/aromatic N) is 4. The molecule has 0 aliphatic heterocycles. The number of aryl methyl sites for hydroxylation is 1. The number of thiazole rings is 1. The fourth-order valence-corrected chi connectivity index (χ4v) is 2.75. The summed E-state index contributed by atoms with van der Waals surface area (Å²) in [7, 11) is 0. The first-order chi connectivity index (χ1) is 11.2. The molecule has 3 rings (SSSR count). The van der Waals surface area contributed by atoms with Gasteiger partial charge >= 0.3 is 0 Å². The van der Waals surface area contributed by atoms with Crippen molar-refractivity contribution in [2.75, 3.05) is 6.61 Å². The van der Waals surface area contributed by atoms with Crippen LogP contribution < -0.4 is 4.74 Å². The predicted molar refractivity (Wildman–Crippen MR) is 93.9 cm³/mol. The van der Waals surface area contributed by atoms with Crippen LogP contribution in [0, 0.1) is 11.7 Å². The van der Waals surface area contributed by atoms with Crippen molar-refractivity contribution in [3.8, 4) is 17.1 Å². The lowest BCUT2D eigenvalue weighted by Gasteiger charge is -2.04. The zero-order valence-corrected chi connectivity index (χ0v) is 14.3. The molecule has 2 aromatic heterocycles. The smallest absolute Gasteiger partial charge is 0.216 e. The molecule has 0 saturated carbocycles. The van der Waals surface area contributed by atoms with Gasteiger partial charge in [-0.05, 0) is 50.3 Å². The minimum Gasteiger partial charge on any atom is -0.494 e. The number of nitrogens with one attached hydrogen (secondary N) is 1. The highest BCUT2D eigenvalue weighted by atomic mass is 32.1. The van der Waals surface area contributed by atoms with E-state index in [1.54, 1.807) is 22.2 Å². The summed E-state index contributed by atoms with van der Waals surface area (Å²) in [5, 5.41) is 14.4. The van der Waals surface area contributed by atoms with Crippen molar-refractivity contribution in [3.63, 3.8) is 0 Å². The largest absolute Gasteiger partial charge is 0.494 e. The quantitative estimate of drug-likeness (QED) is 0.566. The monoisotopic (exact) mass is 345 g/mol. The first kappa shape index (κ1) is 15.6. The topological polar surface area (TPSA) is 68.1 Å². The molecule has 0 aliphatic rings. The van der Waals surface area contributed by atoms with E-state index in [2.05, 4.69) is 20.3 Å². The van der Waals surface area contributed by atoms with Gasteiger partial charge in [-0.25, -0.2) is 10.1 Å². The molecular formula is C15H15N5OS2. The van der Waals surface area contributed by atoms with Crippen LogP contribution in [0.3, 0.4) is 0 Å². The van der Waals surface area contributed by atoms with Crippen molar-refractivity contribution in [1.29, 1.82) is 0 Å². The van der Waals surface area contributed by atoms with Gasteiger partial charge in [-0.3, -0.25) is 0 Å². The van der Waals surface area contributed by atoms with Crippen LogP contribution in [0.4, 0.5) is 0 Å². The number of hydrogen-bond donors (Lipinski definition) is 1. The van der Waals surface area contributed by atoms with Crippen molar-refractivity contribution in [2.24, 2.45) is 5.10 Å². The second-order valence-corrected chi connectivity index (χ2v) is 6.11. The molecule has 0 atom stereocenters. The average molecular weight is 345 g/mol. The Morgan fingerprint density at radius 1 is 1.39 bits per heavy atom. The summed E-state index contributed by atoms with van der Waals surface area (Å²) in [6.07, 6.45) is 1.67. The molecule has 0 saturated heterocycles. The maximum absolute atomic E-state index is 5.45. The number of aromatic amines is 1. The Morgan fingerprint density at radius 2 is 2.17 bits per heavy atom. The van der Waals surface area contributed by atoms with Gasteiger partial charge in [0.2, 0.25) is 4.77 Å². The van der Waals surface area contributed by atoms with E-state index in [0.29, 0.717) is 17.2 Å². The molecule has 0 unspecified atom stereocenters. The van der Waals surface area contributed by atoms with E-state index in [0.717, 1.165) is 22.0 Å². The van der Waals surface area contributed by atoms with Crippen LogP contribution in [-0.2, 0) is 0 Å². The second kappa shape index (κ2) is 6.84. The average Bonchev–Trinajstić information content (AvgIpc) is 3.12. The highest BCUT2D eigenvalue weighted by molar-refractivity contribution is 7.71. The van der Waals surface area contributed by atoms with E-state index in [1.807, 2.05) is 43.5 Å². The molecule has 1 N–H and O–H groups in total. The molecule has 6 nitrogen and oxygen atoms in total. The summed E-state index contributed by atoms with van der Waals surface area (Å²) in [4.78, 5) is 4.35. The third-order valence-electron chi connectivity index (χ3n) is 3.02. The highest BCUT2D eigenvalue weighted by Crippen LogP contribution is 2.21. The predicted octanol–water partition coefficient (Wildman–Crippen LogP) is 3.65. The number of benzene rings is 1. The number of aromatic nitrogens is 4. The number of rotatable bonds is 5. The Labute approximate surface area is 142 Å². The molecule has 118 valence electrons. The highest BCUT2D eigenvalue weighted by Gasteiger charge is 2.08. The number of ether oxygens (including phenoxy) is 1. The summed E-state index contributed by atoms with van der Waals surface area (Å²) < 4.78 is 7.46. The lowest BCUT2D eigenvalue weighted by atomic mass is 10.2. The summed E-state index contributed by atoms with van der Waals surface area (Å²) in [5.41, 5.74) is 1.70. The van der Waals surface area contributed by atoms with Crippen molar-refractivity contribution in [2.45, 2.75) is 13.8 Å². The molecule has 0 spiro atoms. The van der Waals surface area contributed by atoms with Gasteiger partial charge in [0.1, 0.15) is 5.75 Å². The maximum atomic E-state index is 5.45. The normalized spacial score (nSPS) is 11.2. The van der Waals surface area contributed by atoms with E-state index in [4.69, 9.17) is 17.0 Å². The van der Waals surface area contributed by atoms with Crippen LogP contribution in [0.5, 0.6) is 5.75 Å². The summed E-state index contributed by atoms with van der Waals surface area (Å²) >= 11 is 6.83. The van der Waals surface area contributed by atoms with E-state index in [-0.39, 0.29) is 0 Å². The fraction of sp³-hybridized carbons (Fsp3) is 0.200. The van der Waals surface area contributed by atoms with E-state index in [1.165, 1.54) is 0 Å². The molecule has 0 amide bonds. The molecule has 0 bridgehead atoms. The van der Waals surface area contributed by atoms with E-state index < -0.39 is 0 Å². The van der Waals surface area contributed by atoms with Crippen LogP contribution in [-0.4, -0.2) is 32.7 Å². The van der Waals surface area contributed by atoms with Crippen LogP contribution in [0.1, 0.15) is 17.6 Å². The van der Waals surface area contributed by atoms with Crippen LogP contribution in [0.25, 0.3) is 11.4 Å². The molecular weight excluding hydrogens is 330 g/mol. The molecule has 23 heavy (non-hydrogen) atoms. The first-order valence-corrected chi connectivity index (χ1v) is 8.33. The number of hydrogen-bond acceptors (Lipinski definition) is 6. The van der Waals surface area contributed by atoms with Gasteiger partial charge in [-0.1, -0.05) is 0 Å². The molecule has 8 heteroatoms. The summed E-state index contributed by atoms with van der Waals surface area (Å²) in [6.45, 7) is 4.54. The molecule has 2 heterocycles. The second-order valence-electron chi connectivity index (χ2n) is 4.66. The Bertz CT molecular complexity index is 876. The molecule has 1 aromatic carbocycles. The Morgan fingerprint density at radius 3 is 2.83 bits per heavy atom. The van der Waals surface area contributed by atoms with Crippen LogP contribution in [0.2, 0.25) is 0 Å². The zero-order valence-electron chi connectivity index (χ0n) is 12.7. The van der Waals surface area contributed by atoms with Gasteiger partial charge in [0, 0.05) is 10.9 Å². The number of H-pyrrole nitrogens is 1. The lowest BCUT2D eigenvalue weighted by Crippen LogP contribution is -1.96. The lowest BCUT2D eigenvalue weighted by molar-refractivity contribution is 0.340. The Balaban J connectivity index is 1.92. The molecule has 0 aliphatic carbocycles. The van der Waals surface area contributed by atoms with Crippen LogP contribution in [0.15, 0.2) is 34.7 Å². The van der Waals surface area contributed by atoms with Crippen LogP contribution >= 0.6 is 23.6 Å². The van der Waals surface area contributed by atoms with Gasteiger partial charge in [0.25, 0.3) is 0 Å². The minimum absolute atomic E-state index is 0.428. The van der Waals surface area contributed by atoms with Crippen molar-refractivity contribution in [3.05, 3.63) is 45.1 Å². The Kier molecular flexibility index (Phi) is 4.63.